The summed E-state index contributed by atoms with van der Waals surface area (Å²) in [4.78, 5) is 36.1. The van der Waals surface area contributed by atoms with Gasteiger partial charge in [-0.15, -0.1) is 5.10 Å². The van der Waals surface area contributed by atoms with Gasteiger partial charge in [-0.1, -0.05) is 17.8 Å². The van der Waals surface area contributed by atoms with E-state index in [1.165, 1.54) is 32.4 Å². The van der Waals surface area contributed by atoms with E-state index < -0.39 is 34.8 Å². The van der Waals surface area contributed by atoms with E-state index >= 15 is 0 Å². The molecule has 1 heterocycles. The monoisotopic (exact) mass is 524 g/mol. The van der Waals surface area contributed by atoms with E-state index in [4.69, 9.17) is 9.47 Å². The average molecular weight is 524 g/mol. The highest BCUT2D eigenvalue weighted by Gasteiger charge is 2.33. The molecule has 10 nitrogen and oxygen atoms in total. The zero-order valence-corrected chi connectivity index (χ0v) is 19.6. The smallest absolute Gasteiger partial charge is 0.416 e. The SMILES string of the molecule is COc1ccc(/C=N/N=C2/NC(=O)C(CC(=O)Nc3cccc(C(F)(F)F)c3)S2)c(C(=O)O)c1OC. The van der Waals surface area contributed by atoms with Crippen LogP contribution in [-0.4, -0.2) is 53.7 Å². The van der Waals surface area contributed by atoms with E-state index in [0.29, 0.717) is 0 Å². The van der Waals surface area contributed by atoms with Gasteiger partial charge in [-0.3, -0.25) is 9.59 Å². The van der Waals surface area contributed by atoms with Crippen LogP contribution in [0.5, 0.6) is 11.5 Å². The molecule has 1 atom stereocenters. The lowest BCUT2D eigenvalue weighted by Crippen LogP contribution is -2.28. The van der Waals surface area contributed by atoms with Crippen LogP contribution in [0, 0.1) is 0 Å². The summed E-state index contributed by atoms with van der Waals surface area (Å²) < 4.78 is 48.7. The molecule has 0 bridgehead atoms. The number of halogens is 3. The molecule has 1 aliphatic rings. The Balaban J connectivity index is 1.67. The first kappa shape index (κ1) is 26.5. The van der Waals surface area contributed by atoms with Crippen LogP contribution in [-0.2, 0) is 15.8 Å². The number of rotatable bonds is 8. The maximum Gasteiger partial charge on any atom is 0.416 e. The van der Waals surface area contributed by atoms with Crippen molar-refractivity contribution in [1.29, 1.82) is 0 Å². The Bertz CT molecular complexity index is 1250. The predicted octanol–water partition coefficient (Wildman–Crippen LogP) is 3.37. The van der Waals surface area contributed by atoms with E-state index in [9.17, 15) is 32.7 Å². The Morgan fingerprint density at radius 1 is 1.22 bits per heavy atom. The van der Waals surface area contributed by atoms with Crippen LogP contribution >= 0.6 is 11.8 Å². The average Bonchev–Trinajstić information content (AvgIpc) is 3.16. The van der Waals surface area contributed by atoms with Crippen molar-refractivity contribution in [3.05, 3.63) is 53.1 Å². The van der Waals surface area contributed by atoms with Gasteiger partial charge in [0.2, 0.25) is 11.8 Å². The molecule has 3 N–H and O–H groups in total. The van der Waals surface area contributed by atoms with Crippen LogP contribution in [0.25, 0.3) is 0 Å². The van der Waals surface area contributed by atoms with Crippen LogP contribution in [0.2, 0.25) is 0 Å². The number of hydrogen-bond donors (Lipinski definition) is 3. The first-order valence-electron chi connectivity index (χ1n) is 10.1. The van der Waals surface area contributed by atoms with Crippen molar-refractivity contribution < 1.29 is 42.1 Å². The van der Waals surface area contributed by atoms with Crippen molar-refractivity contribution >= 4 is 46.6 Å². The number of carboxylic acid groups (broad SMARTS) is 1. The summed E-state index contributed by atoms with van der Waals surface area (Å²) in [5, 5.41) is 21.1. The lowest BCUT2D eigenvalue weighted by Gasteiger charge is -2.11. The number of nitrogens with one attached hydrogen (secondary N) is 2. The number of carbonyl (C=O) groups excluding carboxylic acids is 2. The van der Waals surface area contributed by atoms with Gasteiger partial charge in [-0.05, 0) is 30.3 Å². The molecule has 2 aromatic carbocycles. The quantitative estimate of drug-likeness (QED) is 0.356. The zero-order valence-electron chi connectivity index (χ0n) is 18.8. The van der Waals surface area contributed by atoms with Gasteiger partial charge in [0.15, 0.2) is 16.7 Å². The maximum absolute atomic E-state index is 12.8. The van der Waals surface area contributed by atoms with E-state index in [1.54, 1.807) is 0 Å². The fourth-order valence-corrected chi connectivity index (χ4v) is 4.08. The van der Waals surface area contributed by atoms with Crippen molar-refractivity contribution in [2.24, 2.45) is 10.2 Å². The largest absolute Gasteiger partial charge is 0.493 e. The molecule has 2 aromatic rings. The van der Waals surface area contributed by atoms with E-state index in [1.807, 2.05) is 0 Å². The van der Waals surface area contributed by atoms with E-state index in [0.717, 1.165) is 36.2 Å². The van der Waals surface area contributed by atoms with Gasteiger partial charge in [0.1, 0.15) is 10.8 Å². The van der Waals surface area contributed by atoms with Crippen molar-refractivity contribution in [1.82, 2.24) is 5.32 Å². The third kappa shape index (κ3) is 6.33. The molecular formula is C22H19F3N4O6S. The topological polar surface area (TPSA) is 139 Å². The molecule has 0 saturated carbocycles. The number of methoxy groups -OCH3 is 2. The maximum atomic E-state index is 12.8. The van der Waals surface area contributed by atoms with Gasteiger partial charge >= 0.3 is 12.1 Å². The van der Waals surface area contributed by atoms with Crippen LogP contribution < -0.4 is 20.1 Å². The number of hydrogen-bond acceptors (Lipinski definition) is 8. The molecule has 36 heavy (non-hydrogen) atoms. The number of amidine groups is 1. The van der Waals surface area contributed by atoms with Crippen LogP contribution in [0.3, 0.4) is 0 Å². The second-order valence-corrected chi connectivity index (χ2v) is 8.34. The fourth-order valence-electron chi connectivity index (χ4n) is 3.15. The van der Waals surface area contributed by atoms with Gasteiger partial charge in [-0.25, -0.2) is 4.79 Å². The number of carbonyl (C=O) groups is 3. The molecule has 0 radical (unpaired) electrons. The number of carboxylic acids is 1. The van der Waals surface area contributed by atoms with Crippen molar-refractivity contribution in [2.45, 2.75) is 17.8 Å². The second-order valence-electron chi connectivity index (χ2n) is 7.15. The first-order chi connectivity index (χ1) is 17.0. The molecule has 1 aliphatic heterocycles. The highest BCUT2D eigenvalue weighted by Crippen LogP contribution is 2.33. The molecule has 0 aromatic heterocycles. The molecule has 190 valence electrons. The van der Waals surface area contributed by atoms with Crippen molar-refractivity contribution in [3.8, 4) is 11.5 Å². The number of thioether (sulfide) groups is 1. The summed E-state index contributed by atoms with van der Waals surface area (Å²) in [7, 11) is 2.65. The molecule has 2 amide bonds. The van der Waals surface area contributed by atoms with Crippen LogP contribution in [0.1, 0.15) is 27.9 Å². The second kappa shape index (κ2) is 11.1. The fraction of sp³-hybridized carbons (Fsp3) is 0.227. The zero-order chi connectivity index (χ0) is 26.5. The van der Waals surface area contributed by atoms with E-state index in [-0.39, 0.29) is 39.9 Å². The highest BCUT2D eigenvalue weighted by atomic mass is 32.2. The van der Waals surface area contributed by atoms with Gasteiger partial charge < -0.3 is 25.2 Å². The number of anilines is 1. The number of amides is 2. The molecule has 0 spiro atoms. The summed E-state index contributed by atoms with van der Waals surface area (Å²) in [5.41, 5.74) is -1.01. The Morgan fingerprint density at radius 2 is 1.97 bits per heavy atom. The van der Waals surface area contributed by atoms with Gasteiger partial charge in [0.25, 0.3) is 0 Å². The number of benzene rings is 2. The lowest BCUT2D eigenvalue weighted by molar-refractivity contribution is -0.137. The molecule has 0 aliphatic carbocycles. The Hall–Kier alpha value is -4.07. The minimum atomic E-state index is -4.56. The highest BCUT2D eigenvalue weighted by molar-refractivity contribution is 8.15. The number of aromatic carboxylic acids is 1. The normalized spacial score (nSPS) is 16.8. The lowest BCUT2D eigenvalue weighted by atomic mass is 10.1. The first-order valence-corrected chi connectivity index (χ1v) is 11.0. The predicted molar refractivity (Wildman–Crippen MR) is 126 cm³/mol. The van der Waals surface area contributed by atoms with Crippen LogP contribution in [0.4, 0.5) is 18.9 Å². The van der Waals surface area contributed by atoms with Crippen LogP contribution in [0.15, 0.2) is 46.6 Å². The number of ether oxygens (including phenoxy) is 2. The Kier molecular flexibility index (Phi) is 8.19. The third-order valence-electron chi connectivity index (χ3n) is 4.76. The molecule has 1 unspecified atom stereocenters. The minimum absolute atomic E-state index is 0.00278. The number of alkyl halides is 3. The summed E-state index contributed by atoms with van der Waals surface area (Å²) >= 11 is 0.898. The van der Waals surface area contributed by atoms with Gasteiger partial charge in [0, 0.05) is 17.7 Å². The minimum Gasteiger partial charge on any atom is -0.493 e. The van der Waals surface area contributed by atoms with Gasteiger partial charge in [0.05, 0.1) is 26.0 Å². The Morgan fingerprint density at radius 3 is 2.61 bits per heavy atom. The van der Waals surface area contributed by atoms with Crippen molar-refractivity contribution in [2.75, 3.05) is 19.5 Å². The summed E-state index contributed by atoms with van der Waals surface area (Å²) in [6, 6.07) is 7.06. The molecular weight excluding hydrogens is 505 g/mol. The summed E-state index contributed by atoms with van der Waals surface area (Å²) in [5.74, 6) is -2.27. The summed E-state index contributed by atoms with van der Waals surface area (Å²) in [6.45, 7) is 0. The molecule has 1 fully saturated rings. The summed E-state index contributed by atoms with van der Waals surface area (Å²) in [6.07, 6.45) is -3.73. The third-order valence-corrected chi connectivity index (χ3v) is 5.83. The standard InChI is InChI=1S/C22H19F3N4O6S/c1-34-14-7-6-11(17(20(32)33)18(14)35-2)10-26-29-21-28-19(31)15(36-21)9-16(30)27-13-5-3-4-12(8-13)22(23,24)25/h3-8,10,15H,9H2,1-2H3,(H,27,30)(H,32,33)(H,28,29,31)/b26-10+. The Labute approximate surface area is 206 Å². The molecule has 1 saturated heterocycles. The van der Waals surface area contributed by atoms with E-state index in [2.05, 4.69) is 20.8 Å². The number of nitrogens with zero attached hydrogens (tertiary/aromatic N) is 2. The van der Waals surface area contributed by atoms with Gasteiger partial charge in [-0.2, -0.15) is 18.3 Å². The van der Waals surface area contributed by atoms with Crippen molar-refractivity contribution in [3.63, 3.8) is 0 Å². The molecule has 14 heteroatoms. The molecule has 3 rings (SSSR count).